The van der Waals surface area contributed by atoms with Crippen molar-refractivity contribution in [1.29, 1.82) is 0 Å². The largest absolute Gasteiger partial charge is 0.488 e. The number of halogens is 1. The van der Waals surface area contributed by atoms with Gasteiger partial charge in [-0.25, -0.2) is 0 Å². The highest BCUT2D eigenvalue weighted by atomic mass is 35.5. The Bertz CT molecular complexity index is 476. The Kier molecular flexibility index (Phi) is 6.17. The maximum absolute atomic E-state index is 10.7. The van der Waals surface area contributed by atoms with Crippen LogP contribution in [0.25, 0.3) is 0 Å². The van der Waals surface area contributed by atoms with Crippen molar-refractivity contribution in [3.05, 3.63) is 29.3 Å². The minimum absolute atomic E-state index is 0.133. The second kappa shape index (κ2) is 8.34. The second-order valence-electron chi connectivity index (χ2n) is 6.59. The van der Waals surface area contributed by atoms with Gasteiger partial charge in [0, 0.05) is 36.7 Å². The Labute approximate surface area is 143 Å². The van der Waals surface area contributed by atoms with Crippen LogP contribution in [0, 0.1) is 5.92 Å². The first kappa shape index (κ1) is 17.0. The van der Waals surface area contributed by atoms with E-state index >= 15 is 0 Å². The van der Waals surface area contributed by atoms with Gasteiger partial charge in [-0.3, -0.25) is 0 Å². The summed E-state index contributed by atoms with van der Waals surface area (Å²) in [5.74, 6) is 1.03. The van der Waals surface area contributed by atoms with E-state index in [0.717, 1.165) is 57.6 Å². The normalized spacial score (nSPS) is 29.4. The molecule has 1 saturated carbocycles. The van der Waals surface area contributed by atoms with Crippen molar-refractivity contribution >= 4 is 11.6 Å². The molecule has 0 bridgehead atoms. The lowest BCUT2D eigenvalue weighted by atomic mass is 9.84. The molecule has 3 atom stereocenters. The van der Waals surface area contributed by atoms with E-state index in [1.807, 2.05) is 24.3 Å². The molecule has 2 fully saturated rings. The van der Waals surface area contributed by atoms with E-state index in [2.05, 4.69) is 5.32 Å². The van der Waals surface area contributed by atoms with Gasteiger partial charge in [0.2, 0.25) is 0 Å². The molecular formula is C18H26ClNO3. The quantitative estimate of drug-likeness (QED) is 0.865. The van der Waals surface area contributed by atoms with E-state index in [-0.39, 0.29) is 12.0 Å². The molecule has 1 saturated heterocycles. The number of nitrogens with one attached hydrogen (secondary N) is 1. The summed E-state index contributed by atoms with van der Waals surface area (Å²) in [6.07, 6.45) is 4.62. The Morgan fingerprint density at radius 3 is 2.61 bits per heavy atom. The smallest absolute Gasteiger partial charge is 0.125 e. The summed E-state index contributed by atoms with van der Waals surface area (Å²) < 4.78 is 11.4. The summed E-state index contributed by atoms with van der Waals surface area (Å²) in [4.78, 5) is 0. The van der Waals surface area contributed by atoms with Crippen LogP contribution < -0.4 is 10.1 Å². The number of aliphatic hydroxyl groups excluding tert-OH is 1. The Hall–Kier alpha value is -0.810. The molecule has 0 spiro atoms. The van der Waals surface area contributed by atoms with Crippen LogP contribution in [0.3, 0.4) is 0 Å². The van der Waals surface area contributed by atoms with Gasteiger partial charge >= 0.3 is 0 Å². The number of hydrogen-bond acceptors (Lipinski definition) is 4. The van der Waals surface area contributed by atoms with E-state index < -0.39 is 6.10 Å². The van der Waals surface area contributed by atoms with Crippen molar-refractivity contribution in [2.45, 2.75) is 50.4 Å². The van der Waals surface area contributed by atoms with Gasteiger partial charge in [0.1, 0.15) is 11.9 Å². The molecule has 0 unspecified atom stereocenters. The lowest BCUT2D eigenvalue weighted by Gasteiger charge is -2.36. The minimum Gasteiger partial charge on any atom is -0.488 e. The van der Waals surface area contributed by atoms with Gasteiger partial charge in [-0.2, -0.15) is 0 Å². The third-order valence-electron chi connectivity index (χ3n) is 4.92. The van der Waals surface area contributed by atoms with Gasteiger partial charge in [0.05, 0.1) is 6.10 Å². The third-order valence-corrected chi connectivity index (χ3v) is 5.17. The van der Waals surface area contributed by atoms with Crippen LogP contribution in [0.4, 0.5) is 0 Å². The summed E-state index contributed by atoms with van der Waals surface area (Å²) in [7, 11) is 0. The molecular weight excluding hydrogens is 314 g/mol. The SMILES string of the molecule is O[C@@H]1[C@@H](CNC2CCOCC2)CCC[C@H]1Oc1ccc(Cl)cc1. The first-order chi connectivity index (χ1) is 11.2. The zero-order valence-electron chi connectivity index (χ0n) is 13.4. The topological polar surface area (TPSA) is 50.7 Å². The monoisotopic (exact) mass is 339 g/mol. The first-order valence-corrected chi connectivity index (χ1v) is 9.01. The summed E-state index contributed by atoms with van der Waals surface area (Å²) >= 11 is 5.90. The molecule has 4 nitrogen and oxygen atoms in total. The lowest BCUT2D eigenvalue weighted by molar-refractivity contribution is -0.0323. The van der Waals surface area contributed by atoms with Crippen LogP contribution in [0.15, 0.2) is 24.3 Å². The molecule has 1 aliphatic carbocycles. The van der Waals surface area contributed by atoms with Gasteiger partial charge < -0.3 is 19.9 Å². The van der Waals surface area contributed by atoms with Gasteiger partial charge in [0.15, 0.2) is 0 Å². The zero-order valence-corrected chi connectivity index (χ0v) is 14.2. The molecule has 2 N–H and O–H groups in total. The molecule has 128 valence electrons. The summed E-state index contributed by atoms with van der Waals surface area (Å²) in [6, 6.07) is 7.87. The standard InChI is InChI=1S/C18H26ClNO3/c19-14-4-6-16(7-5-14)23-17-3-1-2-13(18(17)21)12-20-15-8-10-22-11-9-15/h4-7,13,15,17-18,20-21H,1-3,8-12H2/t13-,17-,18-/m1/s1. The lowest BCUT2D eigenvalue weighted by Crippen LogP contribution is -2.47. The maximum Gasteiger partial charge on any atom is 0.125 e. The Balaban J connectivity index is 1.50. The van der Waals surface area contributed by atoms with E-state index in [9.17, 15) is 5.11 Å². The molecule has 1 heterocycles. The average molecular weight is 340 g/mol. The van der Waals surface area contributed by atoms with Crippen LogP contribution >= 0.6 is 11.6 Å². The van der Waals surface area contributed by atoms with Crippen molar-refractivity contribution in [2.75, 3.05) is 19.8 Å². The van der Waals surface area contributed by atoms with Crippen molar-refractivity contribution in [3.8, 4) is 5.75 Å². The van der Waals surface area contributed by atoms with Gasteiger partial charge in [-0.15, -0.1) is 0 Å². The van der Waals surface area contributed by atoms with Crippen molar-refractivity contribution in [1.82, 2.24) is 5.32 Å². The van der Waals surface area contributed by atoms with E-state index in [1.165, 1.54) is 0 Å². The van der Waals surface area contributed by atoms with Crippen LogP contribution in [-0.2, 0) is 4.74 Å². The van der Waals surface area contributed by atoms with Crippen LogP contribution in [-0.4, -0.2) is 43.1 Å². The van der Waals surface area contributed by atoms with E-state index in [0.29, 0.717) is 11.1 Å². The van der Waals surface area contributed by atoms with Crippen molar-refractivity contribution < 1.29 is 14.6 Å². The molecule has 3 rings (SSSR count). The molecule has 23 heavy (non-hydrogen) atoms. The van der Waals surface area contributed by atoms with Crippen LogP contribution in [0.1, 0.15) is 32.1 Å². The second-order valence-corrected chi connectivity index (χ2v) is 7.02. The predicted octanol–water partition coefficient (Wildman–Crippen LogP) is 3.02. The molecule has 0 radical (unpaired) electrons. The molecule has 0 aromatic heterocycles. The molecule has 1 aromatic rings. The molecule has 2 aliphatic rings. The van der Waals surface area contributed by atoms with E-state index in [4.69, 9.17) is 21.1 Å². The molecule has 0 amide bonds. The third kappa shape index (κ3) is 4.83. The Morgan fingerprint density at radius 2 is 1.87 bits per heavy atom. The zero-order chi connectivity index (χ0) is 16.1. The highest BCUT2D eigenvalue weighted by Crippen LogP contribution is 2.29. The first-order valence-electron chi connectivity index (χ1n) is 8.64. The maximum atomic E-state index is 10.7. The van der Waals surface area contributed by atoms with Gasteiger partial charge in [-0.05, 0) is 56.4 Å². The van der Waals surface area contributed by atoms with Gasteiger partial charge in [-0.1, -0.05) is 11.6 Å². The number of rotatable bonds is 5. The molecule has 5 heteroatoms. The van der Waals surface area contributed by atoms with Gasteiger partial charge in [0.25, 0.3) is 0 Å². The fourth-order valence-corrected chi connectivity index (χ4v) is 3.61. The summed E-state index contributed by atoms with van der Waals surface area (Å²) in [5, 5.41) is 15.0. The fraction of sp³-hybridized carbons (Fsp3) is 0.667. The number of benzene rings is 1. The van der Waals surface area contributed by atoms with Crippen molar-refractivity contribution in [3.63, 3.8) is 0 Å². The highest BCUT2D eigenvalue weighted by molar-refractivity contribution is 6.30. The summed E-state index contributed by atoms with van der Waals surface area (Å²) in [5.41, 5.74) is 0. The Morgan fingerprint density at radius 1 is 1.13 bits per heavy atom. The van der Waals surface area contributed by atoms with E-state index in [1.54, 1.807) is 0 Å². The number of aliphatic hydroxyl groups is 1. The highest BCUT2D eigenvalue weighted by Gasteiger charge is 2.33. The molecule has 1 aliphatic heterocycles. The van der Waals surface area contributed by atoms with Crippen molar-refractivity contribution in [2.24, 2.45) is 5.92 Å². The number of hydrogen-bond donors (Lipinski definition) is 2. The van der Waals surface area contributed by atoms with Crippen LogP contribution in [0.2, 0.25) is 5.02 Å². The fourth-order valence-electron chi connectivity index (χ4n) is 3.49. The molecule has 1 aromatic carbocycles. The summed E-state index contributed by atoms with van der Waals surface area (Å²) in [6.45, 7) is 2.53. The number of ether oxygens (including phenoxy) is 2. The predicted molar refractivity (Wildman–Crippen MR) is 91.1 cm³/mol. The minimum atomic E-state index is -0.424. The average Bonchev–Trinajstić information content (AvgIpc) is 2.58. The van der Waals surface area contributed by atoms with Crippen LogP contribution in [0.5, 0.6) is 5.75 Å².